The van der Waals surface area contributed by atoms with Gasteiger partial charge in [0.1, 0.15) is 0 Å². The summed E-state index contributed by atoms with van der Waals surface area (Å²) in [6, 6.07) is 0.495. The maximum atomic E-state index is 5.50. The first-order valence-electron chi connectivity index (χ1n) is 5.50. The van der Waals surface area contributed by atoms with E-state index in [0.29, 0.717) is 6.04 Å². The summed E-state index contributed by atoms with van der Waals surface area (Å²) < 4.78 is 0. The Bertz CT molecular complexity index is 163. The van der Waals surface area contributed by atoms with Gasteiger partial charge in [0.25, 0.3) is 0 Å². The Morgan fingerprint density at radius 1 is 1.54 bits per heavy atom. The molecule has 0 saturated carbocycles. The molecule has 1 atom stereocenters. The molecule has 0 heterocycles. The van der Waals surface area contributed by atoms with Gasteiger partial charge in [0.2, 0.25) is 0 Å². The Labute approximate surface area is 81.6 Å². The molecular formula is C11H22N2. The van der Waals surface area contributed by atoms with Gasteiger partial charge in [-0.1, -0.05) is 25.0 Å². The highest BCUT2D eigenvalue weighted by atomic mass is 15.2. The molecule has 0 amide bonds. The van der Waals surface area contributed by atoms with Gasteiger partial charge >= 0.3 is 0 Å². The molecule has 0 fully saturated rings. The fraction of sp³-hybridized carbons (Fsp3) is 0.818. The van der Waals surface area contributed by atoms with Crippen LogP contribution in [0.15, 0.2) is 11.6 Å². The summed E-state index contributed by atoms with van der Waals surface area (Å²) in [6.07, 6.45) is 11.3. The third-order valence-corrected chi connectivity index (χ3v) is 2.77. The van der Waals surface area contributed by atoms with Crippen molar-refractivity contribution in [1.82, 2.24) is 5.43 Å². The van der Waals surface area contributed by atoms with Gasteiger partial charge in [0.15, 0.2) is 0 Å². The third-order valence-electron chi connectivity index (χ3n) is 2.77. The molecule has 0 radical (unpaired) electrons. The molecule has 3 N–H and O–H groups in total. The summed E-state index contributed by atoms with van der Waals surface area (Å²) in [5, 5.41) is 0. The van der Waals surface area contributed by atoms with Gasteiger partial charge in [-0.25, -0.2) is 0 Å². The lowest BCUT2D eigenvalue weighted by molar-refractivity contribution is 0.473. The van der Waals surface area contributed by atoms with E-state index in [1.54, 1.807) is 5.57 Å². The SMILES string of the molecule is CCCC(CC1=CCCCC1)NN. The quantitative estimate of drug-likeness (QED) is 0.389. The largest absolute Gasteiger partial charge is 0.271 e. The Morgan fingerprint density at radius 2 is 2.38 bits per heavy atom. The standard InChI is InChI=1S/C11H22N2/c1-2-6-11(13-12)9-10-7-4-3-5-8-10/h7,11,13H,2-6,8-9,12H2,1H3. The van der Waals surface area contributed by atoms with Crippen molar-refractivity contribution in [1.29, 1.82) is 0 Å². The second-order valence-corrected chi connectivity index (χ2v) is 3.96. The molecule has 1 aliphatic carbocycles. The summed E-state index contributed by atoms with van der Waals surface area (Å²) >= 11 is 0. The first-order valence-corrected chi connectivity index (χ1v) is 5.50. The number of rotatable bonds is 5. The molecule has 2 nitrogen and oxygen atoms in total. The van der Waals surface area contributed by atoms with Gasteiger partial charge in [0, 0.05) is 6.04 Å². The summed E-state index contributed by atoms with van der Waals surface area (Å²) in [5.74, 6) is 5.50. The van der Waals surface area contributed by atoms with E-state index in [1.165, 1.54) is 38.5 Å². The van der Waals surface area contributed by atoms with E-state index in [4.69, 9.17) is 5.84 Å². The molecule has 1 rings (SSSR count). The van der Waals surface area contributed by atoms with Crippen molar-refractivity contribution < 1.29 is 0 Å². The molecule has 1 aliphatic rings. The third kappa shape index (κ3) is 3.92. The van der Waals surface area contributed by atoms with Crippen molar-refractivity contribution >= 4 is 0 Å². The lowest BCUT2D eigenvalue weighted by atomic mass is 9.93. The average molecular weight is 182 g/mol. The zero-order valence-electron chi connectivity index (χ0n) is 8.68. The van der Waals surface area contributed by atoms with Crippen molar-refractivity contribution in [2.45, 2.75) is 57.9 Å². The second kappa shape index (κ2) is 6.17. The normalized spacial score (nSPS) is 19.7. The zero-order chi connectivity index (χ0) is 9.52. The molecular weight excluding hydrogens is 160 g/mol. The zero-order valence-corrected chi connectivity index (χ0v) is 8.68. The van der Waals surface area contributed by atoms with Crippen LogP contribution in [0.2, 0.25) is 0 Å². The van der Waals surface area contributed by atoms with E-state index in [0.717, 1.165) is 6.42 Å². The van der Waals surface area contributed by atoms with Crippen LogP contribution in [0.25, 0.3) is 0 Å². The highest BCUT2D eigenvalue weighted by Crippen LogP contribution is 2.22. The van der Waals surface area contributed by atoms with Crippen LogP contribution in [0.3, 0.4) is 0 Å². The first-order chi connectivity index (χ1) is 6.36. The van der Waals surface area contributed by atoms with Crippen LogP contribution in [0.1, 0.15) is 51.9 Å². The molecule has 1 unspecified atom stereocenters. The number of hydrogen-bond acceptors (Lipinski definition) is 2. The van der Waals surface area contributed by atoms with Gasteiger partial charge in [-0.3, -0.25) is 11.3 Å². The minimum atomic E-state index is 0.495. The predicted octanol–water partition coefficient (Wildman–Crippen LogP) is 2.51. The smallest absolute Gasteiger partial charge is 0.0247 e. The molecule has 0 aliphatic heterocycles. The van der Waals surface area contributed by atoms with Gasteiger partial charge in [-0.05, 0) is 38.5 Å². The van der Waals surface area contributed by atoms with Gasteiger partial charge in [0.05, 0.1) is 0 Å². The molecule has 0 bridgehead atoms. The van der Waals surface area contributed by atoms with Crippen molar-refractivity contribution in [2.75, 3.05) is 0 Å². The fourth-order valence-electron chi connectivity index (χ4n) is 2.00. The van der Waals surface area contributed by atoms with E-state index in [9.17, 15) is 0 Å². The summed E-state index contributed by atoms with van der Waals surface area (Å²) in [4.78, 5) is 0. The minimum Gasteiger partial charge on any atom is -0.271 e. The molecule has 0 aromatic rings. The van der Waals surface area contributed by atoms with Crippen molar-refractivity contribution in [3.63, 3.8) is 0 Å². The average Bonchev–Trinajstić information content (AvgIpc) is 2.19. The predicted molar refractivity (Wildman–Crippen MR) is 57.2 cm³/mol. The number of hydrogen-bond donors (Lipinski definition) is 2. The second-order valence-electron chi connectivity index (χ2n) is 3.96. The van der Waals surface area contributed by atoms with Gasteiger partial charge in [-0.2, -0.15) is 0 Å². The minimum absolute atomic E-state index is 0.495. The Kier molecular flexibility index (Phi) is 5.09. The Balaban J connectivity index is 2.31. The molecule has 0 spiro atoms. The highest BCUT2D eigenvalue weighted by Gasteiger charge is 2.10. The Hall–Kier alpha value is -0.340. The van der Waals surface area contributed by atoms with E-state index < -0.39 is 0 Å². The monoisotopic (exact) mass is 182 g/mol. The van der Waals surface area contributed by atoms with Crippen LogP contribution < -0.4 is 11.3 Å². The number of allylic oxidation sites excluding steroid dienone is 1. The van der Waals surface area contributed by atoms with Crippen LogP contribution in [0.4, 0.5) is 0 Å². The molecule has 76 valence electrons. The number of nitrogens with one attached hydrogen (secondary N) is 1. The lowest BCUT2D eigenvalue weighted by Gasteiger charge is -2.19. The van der Waals surface area contributed by atoms with Crippen LogP contribution in [-0.2, 0) is 0 Å². The van der Waals surface area contributed by atoms with E-state index in [1.807, 2.05) is 0 Å². The van der Waals surface area contributed by atoms with Crippen molar-refractivity contribution in [3.05, 3.63) is 11.6 Å². The summed E-state index contributed by atoms with van der Waals surface area (Å²) in [7, 11) is 0. The van der Waals surface area contributed by atoms with Crippen LogP contribution >= 0.6 is 0 Å². The van der Waals surface area contributed by atoms with Crippen LogP contribution in [0.5, 0.6) is 0 Å². The summed E-state index contributed by atoms with van der Waals surface area (Å²) in [6.45, 7) is 2.21. The van der Waals surface area contributed by atoms with Crippen LogP contribution in [-0.4, -0.2) is 6.04 Å². The van der Waals surface area contributed by atoms with Crippen molar-refractivity contribution in [3.8, 4) is 0 Å². The lowest BCUT2D eigenvalue weighted by Crippen LogP contribution is -2.35. The Morgan fingerprint density at radius 3 is 2.92 bits per heavy atom. The molecule has 0 saturated heterocycles. The maximum absolute atomic E-state index is 5.50. The molecule has 13 heavy (non-hydrogen) atoms. The van der Waals surface area contributed by atoms with E-state index >= 15 is 0 Å². The molecule has 0 aromatic heterocycles. The van der Waals surface area contributed by atoms with E-state index in [2.05, 4.69) is 18.4 Å². The van der Waals surface area contributed by atoms with Gasteiger partial charge < -0.3 is 0 Å². The number of hydrazine groups is 1. The molecule has 2 heteroatoms. The van der Waals surface area contributed by atoms with Crippen LogP contribution in [0, 0.1) is 0 Å². The first kappa shape index (κ1) is 10.7. The van der Waals surface area contributed by atoms with Crippen molar-refractivity contribution in [2.24, 2.45) is 5.84 Å². The topological polar surface area (TPSA) is 38.0 Å². The fourth-order valence-corrected chi connectivity index (χ4v) is 2.00. The van der Waals surface area contributed by atoms with Gasteiger partial charge in [-0.15, -0.1) is 0 Å². The van der Waals surface area contributed by atoms with E-state index in [-0.39, 0.29) is 0 Å². The highest BCUT2D eigenvalue weighted by molar-refractivity contribution is 5.06. The number of nitrogens with two attached hydrogens (primary N) is 1. The molecule has 0 aromatic carbocycles. The summed E-state index contributed by atoms with van der Waals surface area (Å²) in [5.41, 5.74) is 4.52. The maximum Gasteiger partial charge on any atom is 0.0247 e.